The number of fused-ring (bicyclic) bond motifs is 1. The minimum absolute atomic E-state index is 0.183. The van der Waals surface area contributed by atoms with E-state index >= 15 is 0 Å². The third-order valence-corrected chi connectivity index (χ3v) is 4.11. The molecule has 0 saturated heterocycles. The van der Waals surface area contributed by atoms with Gasteiger partial charge in [0.2, 0.25) is 5.91 Å². The molecule has 2 N–H and O–H groups in total. The van der Waals surface area contributed by atoms with Gasteiger partial charge < -0.3 is 15.0 Å². The maximum atomic E-state index is 12.0. The van der Waals surface area contributed by atoms with Crippen molar-refractivity contribution in [1.82, 2.24) is 19.9 Å². The minimum atomic E-state index is -0.421. The Morgan fingerprint density at radius 3 is 2.75 bits per heavy atom. The zero-order valence-corrected chi connectivity index (χ0v) is 13.5. The molecule has 1 amide bonds. The normalized spacial score (nSPS) is 10.5. The Morgan fingerprint density at radius 2 is 2.00 bits per heavy atom. The van der Waals surface area contributed by atoms with Crippen LogP contribution < -0.4 is 5.32 Å². The number of aromatic nitrogens is 4. The molecule has 0 aliphatic heterocycles. The number of rotatable bonds is 5. The van der Waals surface area contributed by atoms with Crippen LogP contribution in [0.25, 0.3) is 11.2 Å². The van der Waals surface area contributed by atoms with E-state index in [2.05, 4.69) is 30.0 Å². The summed E-state index contributed by atoms with van der Waals surface area (Å²) in [5, 5.41) is 3.42. The van der Waals surface area contributed by atoms with Crippen molar-refractivity contribution < 1.29 is 14.3 Å². The van der Waals surface area contributed by atoms with E-state index < -0.39 is 5.97 Å². The molecule has 0 saturated carbocycles. The highest BCUT2D eigenvalue weighted by molar-refractivity contribution is 8.00. The van der Waals surface area contributed by atoms with Gasteiger partial charge in [0.1, 0.15) is 16.9 Å². The number of carbonyl (C=O) groups excluding carboxylic acids is 2. The summed E-state index contributed by atoms with van der Waals surface area (Å²) >= 11 is 1.29. The molecule has 1 aromatic carbocycles. The third kappa shape index (κ3) is 3.51. The Morgan fingerprint density at radius 1 is 1.21 bits per heavy atom. The van der Waals surface area contributed by atoms with Crippen molar-refractivity contribution in [1.29, 1.82) is 0 Å². The third-order valence-electron chi connectivity index (χ3n) is 3.12. The summed E-state index contributed by atoms with van der Waals surface area (Å²) in [6.45, 7) is 0. The number of nitrogens with zero attached hydrogens (tertiary/aromatic N) is 3. The number of esters is 1. The van der Waals surface area contributed by atoms with Crippen LogP contribution in [0.1, 0.15) is 10.4 Å². The van der Waals surface area contributed by atoms with Crippen molar-refractivity contribution in [2.24, 2.45) is 0 Å². The van der Waals surface area contributed by atoms with Gasteiger partial charge in [-0.05, 0) is 24.3 Å². The van der Waals surface area contributed by atoms with Gasteiger partial charge in [0, 0.05) is 5.69 Å². The predicted octanol–water partition coefficient (Wildman–Crippen LogP) is 1.87. The van der Waals surface area contributed by atoms with Crippen molar-refractivity contribution in [2.45, 2.75) is 5.03 Å². The molecule has 122 valence electrons. The average molecular weight is 343 g/mol. The van der Waals surface area contributed by atoms with E-state index in [9.17, 15) is 9.59 Å². The number of ether oxygens (including phenoxy) is 1. The van der Waals surface area contributed by atoms with Gasteiger partial charge in [-0.15, -0.1) is 0 Å². The molecule has 3 rings (SSSR count). The number of imidazole rings is 1. The summed E-state index contributed by atoms with van der Waals surface area (Å²) in [7, 11) is 1.32. The number of anilines is 1. The van der Waals surface area contributed by atoms with Gasteiger partial charge in [0.25, 0.3) is 0 Å². The Balaban J connectivity index is 1.59. The Hall–Kier alpha value is -2.94. The summed E-state index contributed by atoms with van der Waals surface area (Å²) in [5.74, 6) is -0.419. The number of H-pyrrole nitrogens is 1. The van der Waals surface area contributed by atoms with E-state index in [4.69, 9.17) is 0 Å². The number of methoxy groups -OCH3 is 1. The van der Waals surface area contributed by atoms with Crippen molar-refractivity contribution in [3.8, 4) is 0 Å². The van der Waals surface area contributed by atoms with E-state index in [-0.39, 0.29) is 11.7 Å². The number of thioether (sulfide) groups is 1. The molecule has 2 aromatic heterocycles. The first-order chi connectivity index (χ1) is 11.7. The van der Waals surface area contributed by atoms with Gasteiger partial charge in [-0.25, -0.2) is 19.7 Å². The highest BCUT2D eigenvalue weighted by Gasteiger charge is 2.10. The van der Waals surface area contributed by atoms with E-state index in [1.165, 1.54) is 31.5 Å². The Bertz CT molecular complexity index is 878. The zero-order valence-electron chi connectivity index (χ0n) is 12.6. The van der Waals surface area contributed by atoms with Gasteiger partial charge >= 0.3 is 5.97 Å². The minimum Gasteiger partial charge on any atom is -0.465 e. The summed E-state index contributed by atoms with van der Waals surface area (Å²) in [6.07, 6.45) is 2.95. The maximum absolute atomic E-state index is 12.0. The highest BCUT2D eigenvalue weighted by Crippen LogP contribution is 2.22. The molecule has 0 aliphatic carbocycles. The summed E-state index contributed by atoms with van der Waals surface area (Å²) in [6, 6.07) is 6.47. The average Bonchev–Trinajstić information content (AvgIpc) is 3.09. The molecule has 2 heterocycles. The number of nitrogens with one attached hydrogen (secondary N) is 2. The van der Waals surface area contributed by atoms with E-state index in [0.29, 0.717) is 27.4 Å². The Kier molecular flexibility index (Phi) is 4.71. The van der Waals surface area contributed by atoms with Crippen LogP contribution in [0, 0.1) is 0 Å². The lowest BCUT2D eigenvalue weighted by molar-refractivity contribution is -0.113. The zero-order chi connectivity index (χ0) is 16.9. The second-order valence-electron chi connectivity index (χ2n) is 4.69. The summed E-state index contributed by atoms with van der Waals surface area (Å²) in [5.41, 5.74) is 2.29. The number of hydrogen-bond donors (Lipinski definition) is 2. The molecule has 0 radical (unpaired) electrons. The van der Waals surface area contributed by atoms with Crippen LogP contribution in [-0.2, 0) is 9.53 Å². The number of carbonyl (C=O) groups is 2. The predicted molar refractivity (Wildman–Crippen MR) is 88.8 cm³/mol. The first kappa shape index (κ1) is 15.9. The largest absolute Gasteiger partial charge is 0.465 e. The molecule has 0 unspecified atom stereocenters. The molecule has 0 spiro atoms. The maximum Gasteiger partial charge on any atom is 0.337 e. The molecule has 0 fully saturated rings. The summed E-state index contributed by atoms with van der Waals surface area (Å²) < 4.78 is 4.62. The van der Waals surface area contributed by atoms with Crippen molar-refractivity contribution in [3.05, 3.63) is 42.5 Å². The first-order valence-electron chi connectivity index (χ1n) is 6.92. The van der Waals surface area contributed by atoms with E-state index in [0.717, 1.165) is 0 Å². The monoisotopic (exact) mass is 343 g/mol. The van der Waals surface area contributed by atoms with E-state index in [1.807, 2.05) is 0 Å². The lowest BCUT2D eigenvalue weighted by Gasteiger charge is -2.06. The fourth-order valence-corrected chi connectivity index (χ4v) is 2.75. The topological polar surface area (TPSA) is 110 Å². The lowest BCUT2D eigenvalue weighted by Crippen LogP contribution is -2.14. The number of benzene rings is 1. The SMILES string of the molecule is COC(=O)c1ccc(NC(=O)CSc2ncnc3nc[nH]c23)cc1. The molecule has 8 nitrogen and oxygen atoms in total. The first-order valence-corrected chi connectivity index (χ1v) is 7.91. The van der Waals surface area contributed by atoms with Gasteiger partial charge in [-0.1, -0.05) is 11.8 Å². The van der Waals surface area contributed by atoms with Gasteiger partial charge in [-0.3, -0.25) is 4.79 Å². The van der Waals surface area contributed by atoms with Crippen molar-refractivity contribution >= 4 is 40.5 Å². The molecular weight excluding hydrogens is 330 g/mol. The molecule has 3 aromatic rings. The van der Waals surface area contributed by atoms with Crippen molar-refractivity contribution in [2.75, 3.05) is 18.2 Å². The second-order valence-corrected chi connectivity index (χ2v) is 5.65. The molecule has 0 bridgehead atoms. The molecule has 24 heavy (non-hydrogen) atoms. The number of aromatic amines is 1. The smallest absolute Gasteiger partial charge is 0.337 e. The van der Waals surface area contributed by atoms with Gasteiger partial charge in [-0.2, -0.15) is 0 Å². The fourth-order valence-electron chi connectivity index (χ4n) is 1.99. The highest BCUT2D eigenvalue weighted by atomic mass is 32.2. The van der Waals surface area contributed by atoms with Gasteiger partial charge in [0.05, 0.1) is 24.8 Å². The van der Waals surface area contributed by atoms with Crippen LogP contribution in [0.15, 0.2) is 41.9 Å². The van der Waals surface area contributed by atoms with Crippen LogP contribution in [0.2, 0.25) is 0 Å². The lowest BCUT2D eigenvalue weighted by atomic mass is 10.2. The quantitative estimate of drug-likeness (QED) is 0.413. The van der Waals surface area contributed by atoms with Crippen LogP contribution in [0.5, 0.6) is 0 Å². The standard InChI is InChI=1S/C15H13N5O3S/c1-23-15(22)9-2-4-10(5-3-9)20-11(21)6-24-14-12-13(17-7-16-12)18-8-19-14/h2-5,7-8H,6H2,1H3,(H,20,21)(H,16,17,18,19). The second kappa shape index (κ2) is 7.09. The number of amides is 1. The Labute approximate surface area is 141 Å². The molecule has 0 aliphatic rings. The van der Waals surface area contributed by atoms with Gasteiger partial charge in [0.15, 0.2) is 5.65 Å². The molecule has 9 heteroatoms. The fraction of sp³-hybridized carbons (Fsp3) is 0.133. The molecular formula is C15H13N5O3S. The van der Waals surface area contributed by atoms with Crippen LogP contribution in [0.4, 0.5) is 5.69 Å². The molecule has 0 atom stereocenters. The van der Waals surface area contributed by atoms with E-state index in [1.54, 1.807) is 24.3 Å². The number of hydrogen-bond acceptors (Lipinski definition) is 7. The van der Waals surface area contributed by atoms with Crippen LogP contribution in [0.3, 0.4) is 0 Å². The van der Waals surface area contributed by atoms with Crippen LogP contribution >= 0.6 is 11.8 Å². The van der Waals surface area contributed by atoms with Crippen LogP contribution in [-0.4, -0.2) is 44.7 Å². The van der Waals surface area contributed by atoms with Crippen molar-refractivity contribution in [3.63, 3.8) is 0 Å². The summed E-state index contributed by atoms with van der Waals surface area (Å²) in [4.78, 5) is 38.6.